The van der Waals surface area contributed by atoms with Crippen LogP contribution in [0.3, 0.4) is 0 Å². The Morgan fingerprint density at radius 3 is 2.59 bits per heavy atom. The Bertz CT molecular complexity index is 535. The van der Waals surface area contributed by atoms with Gasteiger partial charge >= 0.3 is 0 Å². The Hall–Kier alpha value is -2.84. The largest absolute Gasteiger partial charge is 0.319 e. The molecule has 0 bridgehead atoms. The van der Waals surface area contributed by atoms with E-state index in [9.17, 15) is 14.9 Å². The van der Waals surface area contributed by atoms with Crippen molar-refractivity contribution >= 4 is 17.3 Å². The first-order valence-corrected chi connectivity index (χ1v) is 4.46. The summed E-state index contributed by atoms with van der Waals surface area (Å²) in [5.41, 5.74) is 0.355. The summed E-state index contributed by atoms with van der Waals surface area (Å²) in [7, 11) is 0. The second-order valence-electron chi connectivity index (χ2n) is 2.99. The number of non-ortho nitro benzene ring substituents is 1. The van der Waals surface area contributed by atoms with Crippen molar-refractivity contribution in [3.05, 3.63) is 40.2 Å². The average Bonchev–Trinajstić information content (AvgIpc) is 2.83. The SMILES string of the molecule is O=C(Nc1ccc([N+](=O)[O-])cc1)c1nn[nH]n1. The highest BCUT2D eigenvalue weighted by molar-refractivity contribution is 6.01. The van der Waals surface area contributed by atoms with Gasteiger partial charge in [-0.2, -0.15) is 5.21 Å². The zero-order valence-corrected chi connectivity index (χ0v) is 8.32. The zero-order valence-electron chi connectivity index (χ0n) is 8.32. The summed E-state index contributed by atoms with van der Waals surface area (Å²) in [6.07, 6.45) is 0. The van der Waals surface area contributed by atoms with E-state index < -0.39 is 10.8 Å². The fourth-order valence-corrected chi connectivity index (χ4v) is 1.11. The first kappa shape index (κ1) is 10.7. The second kappa shape index (κ2) is 4.35. The molecule has 0 atom stereocenters. The molecule has 0 fully saturated rings. The molecule has 1 amide bonds. The number of rotatable bonds is 3. The molecule has 0 aliphatic heterocycles. The minimum absolute atomic E-state index is 0.0532. The van der Waals surface area contributed by atoms with E-state index in [0.29, 0.717) is 5.69 Å². The predicted molar refractivity (Wildman–Crippen MR) is 55.2 cm³/mol. The van der Waals surface area contributed by atoms with Gasteiger partial charge in [0.15, 0.2) is 0 Å². The molecule has 0 spiro atoms. The van der Waals surface area contributed by atoms with Gasteiger partial charge in [-0.15, -0.1) is 10.2 Å². The summed E-state index contributed by atoms with van der Waals surface area (Å²) in [6, 6.07) is 5.39. The molecule has 0 aliphatic carbocycles. The summed E-state index contributed by atoms with van der Waals surface area (Å²) >= 11 is 0. The van der Waals surface area contributed by atoms with Crippen LogP contribution < -0.4 is 5.32 Å². The summed E-state index contributed by atoms with van der Waals surface area (Å²) in [5.74, 6) is -0.657. The normalized spacial score (nSPS) is 9.88. The fourth-order valence-electron chi connectivity index (χ4n) is 1.11. The minimum atomic E-state index is -0.549. The van der Waals surface area contributed by atoms with Crippen LogP contribution in [0.4, 0.5) is 11.4 Å². The molecular formula is C8H6N6O3. The third kappa shape index (κ3) is 2.40. The van der Waals surface area contributed by atoms with Crippen LogP contribution in [0.5, 0.6) is 0 Å². The van der Waals surface area contributed by atoms with Crippen LogP contribution in [0.1, 0.15) is 10.6 Å². The number of H-pyrrole nitrogens is 1. The molecular weight excluding hydrogens is 228 g/mol. The van der Waals surface area contributed by atoms with E-state index in [1.54, 1.807) is 0 Å². The number of carbonyl (C=O) groups is 1. The van der Waals surface area contributed by atoms with Gasteiger partial charge in [-0.3, -0.25) is 14.9 Å². The highest BCUT2D eigenvalue weighted by Crippen LogP contribution is 2.15. The van der Waals surface area contributed by atoms with E-state index in [4.69, 9.17) is 0 Å². The van der Waals surface area contributed by atoms with Gasteiger partial charge in [0, 0.05) is 17.8 Å². The lowest BCUT2D eigenvalue weighted by Gasteiger charge is -2.00. The maximum atomic E-state index is 11.5. The maximum Gasteiger partial charge on any atom is 0.297 e. The molecule has 1 aromatic carbocycles. The molecule has 9 heteroatoms. The Morgan fingerprint density at radius 1 is 1.35 bits per heavy atom. The second-order valence-corrected chi connectivity index (χ2v) is 2.99. The van der Waals surface area contributed by atoms with E-state index in [1.165, 1.54) is 24.3 Å². The van der Waals surface area contributed by atoms with Gasteiger partial charge in [0.05, 0.1) is 4.92 Å². The quantitative estimate of drug-likeness (QED) is 0.583. The van der Waals surface area contributed by atoms with E-state index in [-0.39, 0.29) is 11.5 Å². The van der Waals surface area contributed by atoms with Crippen LogP contribution in [-0.4, -0.2) is 31.5 Å². The van der Waals surface area contributed by atoms with Crippen molar-refractivity contribution in [1.29, 1.82) is 0 Å². The third-order valence-corrected chi connectivity index (χ3v) is 1.88. The van der Waals surface area contributed by atoms with E-state index in [2.05, 4.69) is 25.9 Å². The molecule has 86 valence electrons. The average molecular weight is 234 g/mol. The minimum Gasteiger partial charge on any atom is -0.319 e. The number of tetrazole rings is 1. The van der Waals surface area contributed by atoms with Crippen LogP contribution >= 0.6 is 0 Å². The molecule has 1 heterocycles. The van der Waals surface area contributed by atoms with Gasteiger partial charge in [0.2, 0.25) is 0 Å². The highest BCUT2D eigenvalue weighted by atomic mass is 16.6. The van der Waals surface area contributed by atoms with E-state index in [0.717, 1.165) is 0 Å². The smallest absolute Gasteiger partial charge is 0.297 e. The third-order valence-electron chi connectivity index (χ3n) is 1.88. The van der Waals surface area contributed by atoms with Crippen molar-refractivity contribution in [1.82, 2.24) is 20.6 Å². The molecule has 0 radical (unpaired) electrons. The van der Waals surface area contributed by atoms with Gasteiger partial charge in [0.25, 0.3) is 17.4 Å². The molecule has 0 aliphatic rings. The number of hydrogen-bond donors (Lipinski definition) is 2. The number of nitro groups is 1. The number of aromatic amines is 1. The Morgan fingerprint density at radius 2 is 2.06 bits per heavy atom. The van der Waals surface area contributed by atoms with Crippen molar-refractivity contribution in [2.75, 3.05) is 5.32 Å². The summed E-state index contributed by atoms with van der Waals surface area (Å²) in [4.78, 5) is 21.3. The molecule has 17 heavy (non-hydrogen) atoms. The van der Waals surface area contributed by atoms with Crippen LogP contribution in [0, 0.1) is 10.1 Å². The first-order valence-electron chi connectivity index (χ1n) is 4.46. The number of benzene rings is 1. The number of nitro benzene ring substituents is 1. The van der Waals surface area contributed by atoms with E-state index >= 15 is 0 Å². The summed E-state index contributed by atoms with van der Waals surface area (Å²) < 4.78 is 0. The van der Waals surface area contributed by atoms with E-state index in [1.807, 2.05) is 0 Å². The number of nitrogens with one attached hydrogen (secondary N) is 2. The van der Waals surface area contributed by atoms with Gasteiger partial charge < -0.3 is 5.32 Å². The number of hydrogen-bond acceptors (Lipinski definition) is 6. The molecule has 0 saturated heterocycles. The van der Waals surface area contributed by atoms with Crippen molar-refractivity contribution in [2.45, 2.75) is 0 Å². The Labute approximate surface area is 94.0 Å². The van der Waals surface area contributed by atoms with Crippen LogP contribution in [-0.2, 0) is 0 Å². The standard InChI is InChI=1S/C8H6N6O3/c15-8(7-10-12-13-11-7)9-5-1-3-6(4-2-5)14(16)17/h1-4H,(H,9,15)(H,10,11,12,13). The molecule has 2 rings (SSSR count). The number of amides is 1. The first-order chi connectivity index (χ1) is 8.16. The summed E-state index contributed by atoms with van der Waals surface area (Å²) in [5, 5.41) is 25.2. The van der Waals surface area contributed by atoms with Crippen molar-refractivity contribution in [3.8, 4) is 0 Å². The number of nitrogens with zero attached hydrogens (tertiary/aromatic N) is 4. The number of anilines is 1. The number of carbonyl (C=O) groups excluding carboxylic acids is 1. The highest BCUT2D eigenvalue weighted by Gasteiger charge is 2.11. The lowest BCUT2D eigenvalue weighted by molar-refractivity contribution is -0.384. The lowest BCUT2D eigenvalue weighted by Crippen LogP contribution is -2.13. The fraction of sp³-hybridized carbons (Fsp3) is 0. The summed E-state index contributed by atoms with van der Waals surface area (Å²) in [6.45, 7) is 0. The number of aromatic nitrogens is 4. The van der Waals surface area contributed by atoms with Crippen molar-refractivity contribution < 1.29 is 9.72 Å². The lowest BCUT2D eigenvalue weighted by atomic mass is 10.3. The zero-order chi connectivity index (χ0) is 12.3. The molecule has 9 nitrogen and oxygen atoms in total. The maximum absolute atomic E-state index is 11.5. The van der Waals surface area contributed by atoms with Crippen LogP contribution in [0.15, 0.2) is 24.3 Å². The predicted octanol–water partition coefficient (Wildman–Crippen LogP) is 0.360. The van der Waals surface area contributed by atoms with Crippen molar-refractivity contribution in [2.24, 2.45) is 0 Å². The molecule has 2 N–H and O–H groups in total. The molecule has 2 aromatic rings. The molecule has 0 unspecified atom stereocenters. The Kier molecular flexibility index (Phi) is 2.73. The van der Waals surface area contributed by atoms with Crippen LogP contribution in [0.25, 0.3) is 0 Å². The van der Waals surface area contributed by atoms with Crippen molar-refractivity contribution in [3.63, 3.8) is 0 Å². The van der Waals surface area contributed by atoms with Gasteiger partial charge in [0.1, 0.15) is 0 Å². The molecule has 0 saturated carbocycles. The monoisotopic (exact) mass is 234 g/mol. The van der Waals surface area contributed by atoms with Gasteiger partial charge in [-0.25, -0.2) is 0 Å². The molecule has 1 aromatic heterocycles. The van der Waals surface area contributed by atoms with Gasteiger partial charge in [-0.05, 0) is 17.3 Å². The van der Waals surface area contributed by atoms with Gasteiger partial charge in [-0.1, -0.05) is 0 Å². The Balaban J connectivity index is 2.09. The topological polar surface area (TPSA) is 127 Å². The van der Waals surface area contributed by atoms with Crippen LogP contribution in [0.2, 0.25) is 0 Å².